The second-order valence-electron chi connectivity index (χ2n) is 6.53. The zero-order valence-corrected chi connectivity index (χ0v) is 18.3. The van der Waals surface area contributed by atoms with Gasteiger partial charge in [-0.2, -0.15) is 0 Å². The summed E-state index contributed by atoms with van der Waals surface area (Å²) >= 11 is 0. The molecule has 0 bridgehead atoms. The van der Waals surface area contributed by atoms with E-state index in [2.05, 4.69) is 11.6 Å². The fourth-order valence-electron chi connectivity index (χ4n) is 2.93. The first-order chi connectivity index (χ1) is 14.4. The third kappa shape index (κ3) is 5.00. The zero-order valence-electron chi connectivity index (χ0n) is 18.3. The largest absolute Gasteiger partial charge is 0.493 e. The minimum absolute atomic E-state index is 0.142. The highest BCUT2D eigenvalue weighted by atomic mass is 16.5. The molecule has 0 saturated heterocycles. The second-order valence-corrected chi connectivity index (χ2v) is 6.53. The van der Waals surface area contributed by atoms with E-state index in [4.69, 9.17) is 9.47 Å². The van der Waals surface area contributed by atoms with E-state index < -0.39 is 5.91 Å². The Morgan fingerprint density at radius 3 is 2.47 bits per heavy atom. The maximum Gasteiger partial charge on any atom is 0.328 e. The van der Waals surface area contributed by atoms with Gasteiger partial charge in [0, 0.05) is 20.1 Å². The Morgan fingerprint density at radius 2 is 1.87 bits per heavy atom. The van der Waals surface area contributed by atoms with Crippen LogP contribution in [0.3, 0.4) is 0 Å². The van der Waals surface area contributed by atoms with E-state index in [9.17, 15) is 9.59 Å². The Bertz CT molecular complexity index is 863. The van der Waals surface area contributed by atoms with Crippen molar-refractivity contribution in [1.82, 2.24) is 14.7 Å². The van der Waals surface area contributed by atoms with Crippen molar-refractivity contribution in [3.63, 3.8) is 0 Å². The third-order valence-corrected chi connectivity index (χ3v) is 4.76. The molecule has 30 heavy (non-hydrogen) atoms. The second kappa shape index (κ2) is 10.5. The highest BCUT2D eigenvalue weighted by Gasteiger charge is 2.29. The molecule has 1 aromatic carbocycles. The number of urea groups is 1. The molecule has 0 spiro atoms. The molecule has 1 aliphatic rings. The lowest BCUT2D eigenvalue weighted by molar-refractivity contribution is -0.125. The summed E-state index contributed by atoms with van der Waals surface area (Å²) in [4.78, 5) is 34.3. The molecule has 0 fully saturated rings. The highest BCUT2D eigenvalue weighted by Crippen LogP contribution is 2.28. The van der Waals surface area contributed by atoms with Crippen LogP contribution in [0.25, 0.3) is 6.08 Å². The lowest BCUT2D eigenvalue weighted by Gasteiger charge is -2.27. The van der Waals surface area contributed by atoms with Crippen molar-refractivity contribution in [2.45, 2.75) is 20.8 Å². The summed E-state index contributed by atoms with van der Waals surface area (Å²) in [6.07, 6.45) is 3.65. The minimum Gasteiger partial charge on any atom is -0.493 e. The van der Waals surface area contributed by atoms with Gasteiger partial charge in [0.1, 0.15) is 18.2 Å². The molecule has 162 valence electrons. The Labute approximate surface area is 178 Å². The highest BCUT2D eigenvalue weighted by molar-refractivity contribution is 6.08. The number of ether oxygens (including phenoxy) is 2. The van der Waals surface area contributed by atoms with Gasteiger partial charge in [-0.15, -0.1) is 0 Å². The average Bonchev–Trinajstić information content (AvgIpc) is 2.78. The smallest absolute Gasteiger partial charge is 0.328 e. The summed E-state index contributed by atoms with van der Waals surface area (Å²) in [5, 5.41) is 0. The SMILES string of the molecule is C=C1C(=O)N(CC)C(=O)N(CC)CN=C(/C=C/c2ccc(OCC)c(OC)c2)N1C. The van der Waals surface area contributed by atoms with Gasteiger partial charge in [-0.25, -0.2) is 9.79 Å². The number of hydrogen-bond acceptors (Lipinski definition) is 6. The molecule has 0 N–H and O–H groups in total. The van der Waals surface area contributed by atoms with E-state index in [1.54, 1.807) is 32.1 Å². The summed E-state index contributed by atoms with van der Waals surface area (Å²) in [5.41, 5.74) is 1.05. The van der Waals surface area contributed by atoms with Gasteiger partial charge in [-0.05, 0) is 44.5 Å². The normalized spacial score (nSPS) is 15.8. The van der Waals surface area contributed by atoms with Crippen molar-refractivity contribution in [3.05, 3.63) is 42.1 Å². The summed E-state index contributed by atoms with van der Waals surface area (Å²) in [5.74, 6) is 1.38. The number of aliphatic imine (C=N–C) groups is 1. The number of imide groups is 1. The number of methoxy groups -OCH3 is 1. The fourth-order valence-corrected chi connectivity index (χ4v) is 2.93. The van der Waals surface area contributed by atoms with Crippen LogP contribution in [-0.4, -0.2) is 73.0 Å². The van der Waals surface area contributed by atoms with Gasteiger partial charge >= 0.3 is 6.03 Å². The molecule has 8 heteroatoms. The number of rotatable bonds is 7. The van der Waals surface area contributed by atoms with Crippen molar-refractivity contribution in [2.24, 2.45) is 4.99 Å². The zero-order chi connectivity index (χ0) is 22.3. The lowest BCUT2D eigenvalue weighted by atomic mass is 10.2. The van der Waals surface area contributed by atoms with Gasteiger partial charge in [0.05, 0.1) is 13.7 Å². The summed E-state index contributed by atoms with van der Waals surface area (Å²) in [7, 11) is 3.30. The van der Waals surface area contributed by atoms with Crippen LogP contribution in [0.4, 0.5) is 4.79 Å². The standard InChI is InChI=1S/C22H30N4O4/c1-7-25-15-23-20(24(5)16(4)21(27)26(8-2)22(25)28)13-11-17-10-12-18(30-9-3)19(14-17)29-6/h10-14H,4,7-9,15H2,1-3,5-6H3/b13-11+,23-20?. The molecule has 1 aliphatic heterocycles. The van der Waals surface area contributed by atoms with Crippen LogP contribution < -0.4 is 9.47 Å². The topological polar surface area (TPSA) is 74.7 Å². The minimum atomic E-state index is -0.436. The molecular formula is C22H30N4O4. The molecule has 3 amide bonds. The van der Waals surface area contributed by atoms with E-state index in [1.807, 2.05) is 38.1 Å². The number of hydrogen-bond donors (Lipinski definition) is 0. The van der Waals surface area contributed by atoms with Crippen LogP contribution in [-0.2, 0) is 4.79 Å². The molecule has 0 saturated carbocycles. The van der Waals surface area contributed by atoms with E-state index in [1.165, 1.54) is 9.80 Å². The summed E-state index contributed by atoms with van der Waals surface area (Å²) in [6.45, 7) is 10.8. The van der Waals surface area contributed by atoms with Gasteiger partial charge in [0.25, 0.3) is 5.91 Å². The Morgan fingerprint density at radius 1 is 1.13 bits per heavy atom. The van der Waals surface area contributed by atoms with E-state index in [0.717, 1.165) is 5.56 Å². The predicted molar refractivity (Wildman–Crippen MR) is 118 cm³/mol. The van der Waals surface area contributed by atoms with Crippen LogP contribution in [0.15, 0.2) is 41.5 Å². The van der Waals surface area contributed by atoms with E-state index in [-0.39, 0.29) is 24.9 Å². The number of carbonyl (C=O) groups excluding carboxylic acids is 2. The van der Waals surface area contributed by atoms with Gasteiger partial charge in [-0.3, -0.25) is 9.69 Å². The van der Waals surface area contributed by atoms with Crippen molar-refractivity contribution in [2.75, 3.05) is 40.5 Å². The molecule has 1 aromatic rings. The van der Waals surface area contributed by atoms with Gasteiger partial charge < -0.3 is 19.3 Å². The average molecular weight is 415 g/mol. The number of amidine groups is 1. The lowest BCUT2D eigenvalue weighted by Crippen LogP contribution is -2.47. The van der Waals surface area contributed by atoms with Crippen LogP contribution in [0.2, 0.25) is 0 Å². The van der Waals surface area contributed by atoms with Gasteiger partial charge in [0.15, 0.2) is 11.5 Å². The van der Waals surface area contributed by atoms with Crippen LogP contribution >= 0.6 is 0 Å². The maximum absolute atomic E-state index is 12.8. The number of likely N-dealkylation sites (N-methyl/N-ethyl adjacent to an activating group) is 2. The maximum atomic E-state index is 12.8. The Hall–Kier alpha value is -3.29. The van der Waals surface area contributed by atoms with Crippen LogP contribution in [0, 0.1) is 0 Å². The van der Waals surface area contributed by atoms with Crippen molar-refractivity contribution < 1.29 is 19.1 Å². The number of benzene rings is 1. The third-order valence-electron chi connectivity index (χ3n) is 4.76. The number of nitrogens with zero attached hydrogens (tertiary/aromatic N) is 4. The molecular weight excluding hydrogens is 384 g/mol. The van der Waals surface area contributed by atoms with Crippen molar-refractivity contribution in [3.8, 4) is 11.5 Å². The summed E-state index contributed by atoms with van der Waals surface area (Å²) < 4.78 is 10.9. The van der Waals surface area contributed by atoms with Crippen LogP contribution in [0.5, 0.6) is 11.5 Å². The molecule has 1 heterocycles. The number of carbonyl (C=O) groups is 2. The Kier molecular flexibility index (Phi) is 8.03. The fraction of sp³-hybridized carbons (Fsp3) is 0.409. The monoisotopic (exact) mass is 414 g/mol. The van der Waals surface area contributed by atoms with Crippen molar-refractivity contribution >= 4 is 23.8 Å². The first kappa shape index (κ1) is 23.0. The molecule has 0 aliphatic carbocycles. The quantitative estimate of drug-likeness (QED) is 0.641. The molecule has 8 nitrogen and oxygen atoms in total. The molecule has 0 atom stereocenters. The molecule has 2 rings (SSSR count). The molecule has 0 unspecified atom stereocenters. The van der Waals surface area contributed by atoms with E-state index >= 15 is 0 Å². The van der Waals surface area contributed by atoms with Crippen molar-refractivity contribution in [1.29, 1.82) is 0 Å². The number of amides is 3. The first-order valence-electron chi connectivity index (χ1n) is 9.94. The molecule has 0 aromatic heterocycles. The van der Waals surface area contributed by atoms with Gasteiger partial charge in [-0.1, -0.05) is 18.7 Å². The summed E-state index contributed by atoms with van der Waals surface area (Å²) in [6, 6.07) is 5.23. The van der Waals surface area contributed by atoms with Crippen LogP contribution in [0.1, 0.15) is 26.3 Å². The predicted octanol–water partition coefficient (Wildman–Crippen LogP) is 3.21. The Balaban J connectivity index is 2.37. The molecule has 0 radical (unpaired) electrons. The van der Waals surface area contributed by atoms with E-state index in [0.29, 0.717) is 30.5 Å². The van der Waals surface area contributed by atoms with Gasteiger partial charge in [0.2, 0.25) is 0 Å². The first-order valence-corrected chi connectivity index (χ1v) is 9.94.